The average molecular weight is 373 g/mol. The van der Waals surface area contributed by atoms with E-state index in [9.17, 15) is 9.59 Å². The number of alkyl carbamates (subject to hydrolysis) is 2. The van der Waals surface area contributed by atoms with Crippen LogP contribution < -0.4 is 10.6 Å². The molecule has 2 unspecified atom stereocenters. The average Bonchev–Trinajstić information content (AvgIpc) is 2.58. The Morgan fingerprint density at radius 2 is 1.50 bits per heavy atom. The predicted molar refractivity (Wildman–Crippen MR) is 105 cm³/mol. The third-order valence-electron chi connectivity index (χ3n) is 5.92. The van der Waals surface area contributed by atoms with E-state index in [1.54, 1.807) is 0 Å². The number of rotatable bonds is 10. The van der Waals surface area contributed by atoms with Crippen LogP contribution in [-0.4, -0.2) is 38.5 Å². The fourth-order valence-corrected chi connectivity index (χ4v) is 3.63. The molecule has 3 atom stereocenters. The first-order valence-electron chi connectivity index (χ1n) is 9.55. The van der Waals surface area contributed by atoms with Gasteiger partial charge in [-0.2, -0.15) is 0 Å². The van der Waals surface area contributed by atoms with Gasteiger partial charge in [0.15, 0.2) is 0 Å². The molecule has 0 saturated heterocycles. The maximum atomic E-state index is 11.8. The molecule has 0 aliphatic carbocycles. The molecular weight excluding hydrogens is 332 g/mol. The summed E-state index contributed by atoms with van der Waals surface area (Å²) in [4.78, 5) is 23.1. The Balaban J connectivity index is 5.13. The standard InChI is InChI=1S/C20H40N2O4/c1-10-19(6,13-20(7,11-2)22-17(24)26-9)15(3)12-18(4,5)14-21-16(23)25-8/h15H,10-14H2,1-9H3,(H,21,23)(H,22,24)/t15?,19-,20?/m1/s1. The van der Waals surface area contributed by atoms with Gasteiger partial charge in [0.25, 0.3) is 0 Å². The first kappa shape index (κ1) is 24.5. The van der Waals surface area contributed by atoms with Gasteiger partial charge in [-0.15, -0.1) is 0 Å². The van der Waals surface area contributed by atoms with Crippen molar-refractivity contribution in [1.82, 2.24) is 10.6 Å². The minimum atomic E-state index is -0.398. The molecule has 0 aliphatic rings. The Bertz CT molecular complexity index is 467. The third-order valence-corrected chi connectivity index (χ3v) is 5.92. The smallest absolute Gasteiger partial charge is 0.407 e. The van der Waals surface area contributed by atoms with Crippen LogP contribution in [0.2, 0.25) is 0 Å². The largest absolute Gasteiger partial charge is 0.453 e. The molecule has 0 rings (SSSR count). The Morgan fingerprint density at radius 1 is 0.962 bits per heavy atom. The van der Waals surface area contributed by atoms with Crippen LogP contribution in [0.5, 0.6) is 0 Å². The van der Waals surface area contributed by atoms with E-state index in [2.05, 4.69) is 63.8 Å². The van der Waals surface area contributed by atoms with E-state index in [1.807, 2.05) is 0 Å². The topological polar surface area (TPSA) is 76.7 Å². The maximum absolute atomic E-state index is 11.8. The summed E-state index contributed by atoms with van der Waals surface area (Å²) in [5.41, 5.74) is -0.322. The molecule has 0 aromatic rings. The van der Waals surface area contributed by atoms with Crippen LogP contribution in [0.3, 0.4) is 0 Å². The molecule has 2 N–H and O–H groups in total. The first-order valence-corrected chi connectivity index (χ1v) is 9.55. The number of hydrogen-bond acceptors (Lipinski definition) is 4. The van der Waals surface area contributed by atoms with Crippen molar-refractivity contribution < 1.29 is 19.1 Å². The molecule has 0 bridgehead atoms. The summed E-state index contributed by atoms with van der Waals surface area (Å²) >= 11 is 0. The van der Waals surface area contributed by atoms with Crippen molar-refractivity contribution in [1.29, 1.82) is 0 Å². The van der Waals surface area contributed by atoms with Gasteiger partial charge < -0.3 is 20.1 Å². The molecule has 6 heteroatoms. The van der Waals surface area contributed by atoms with Crippen molar-refractivity contribution in [2.24, 2.45) is 16.7 Å². The molecule has 26 heavy (non-hydrogen) atoms. The molecule has 0 saturated carbocycles. The molecule has 0 radical (unpaired) electrons. The maximum Gasteiger partial charge on any atom is 0.407 e. The summed E-state index contributed by atoms with van der Waals surface area (Å²) in [7, 11) is 2.77. The monoisotopic (exact) mass is 372 g/mol. The highest BCUT2D eigenvalue weighted by Crippen LogP contribution is 2.44. The SMILES string of the molecule is CCC(C)(C[C@@](C)(CC)C(C)CC(C)(C)CNC(=O)OC)NC(=O)OC. The predicted octanol–water partition coefficient (Wildman–Crippen LogP) is 4.73. The lowest BCUT2D eigenvalue weighted by Crippen LogP contribution is -2.50. The van der Waals surface area contributed by atoms with Crippen LogP contribution in [-0.2, 0) is 9.47 Å². The molecule has 0 fully saturated rings. The van der Waals surface area contributed by atoms with E-state index in [4.69, 9.17) is 4.74 Å². The lowest BCUT2D eigenvalue weighted by atomic mass is 9.64. The molecule has 0 heterocycles. The highest BCUT2D eigenvalue weighted by molar-refractivity contribution is 5.68. The second-order valence-corrected chi connectivity index (χ2v) is 8.83. The van der Waals surface area contributed by atoms with E-state index in [0.717, 1.165) is 25.7 Å². The van der Waals surface area contributed by atoms with Crippen LogP contribution >= 0.6 is 0 Å². The quantitative estimate of drug-likeness (QED) is 0.581. The third kappa shape index (κ3) is 7.83. The molecule has 0 aromatic carbocycles. The molecule has 0 spiro atoms. The lowest BCUT2D eigenvalue weighted by molar-refractivity contribution is 0.0765. The normalized spacial score (nSPS) is 17.4. The Labute approximate surface area is 159 Å². The fourth-order valence-electron chi connectivity index (χ4n) is 3.63. The van der Waals surface area contributed by atoms with Crippen molar-refractivity contribution in [3.05, 3.63) is 0 Å². The van der Waals surface area contributed by atoms with Crippen LogP contribution in [0.4, 0.5) is 9.59 Å². The van der Waals surface area contributed by atoms with Gasteiger partial charge in [-0.25, -0.2) is 9.59 Å². The molecular formula is C20H40N2O4. The Kier molecular flexibility index (Phi) is 9.46. The van der Waals surface area contributed by atoms with Crippen LogP contribution in [0.1, 0.15) is 74.1 Å². The number of hydrogen-bond donors (Lipinski definition) is 2. The van der Waals surface area contributed by atoms with Gasteiger partial charge in [-0.3, -0.25) is 0 Å². The van der Waals surface area contributed by atoms with E-state index in [0.29, 0.717) is 12.5 Å². The minimum absolute atomic E-state index is 0.0499. The first-order chi connectivity index (χ1) is 11.9. The number of carbonyl (C=O) groups is 2. The summed E-state index contributed by atoms with van der Waals surface area (Å²) in [5.74, 6) is 0.410. The number of carbonyl (C=O) groups excluding carboxylic acids is 2. The second-order valence-electron chi connectivity index (χ2n) is 8.83. The van der Waals surface area contributed by atoms with Crippen molar-refractivity contribution >= 4 is 12.2 Å². The van der Waals surface area contributed by atoms with Gasteiger partial charge in [0.05, 0.1) is 14.2 Å². The zero-order valence-corrected chi connectivity index (χ0v) is 18.2. The summed E-state index contributed by atoms with van der Waals surface area (Å²) in [6.07, 6.45) is 2.88. The second kappa shape index (κ2) is 10.0. The highest BCUT2D eigenvalue weighted by Gasteiger charge is 2.40. The summed E-state index contributed by atoms with van der Waals surface area (Å²) < 4.78 is 9.46. The van der Waals surface area contributed by atoms with E-state index in [-0.39, 0.29) is 22.5 Å². The van der Waals surface area contributed by atoms with Crippen molar-refractivity contribution in [3.63, 3.8) is 0 Å². The van der Waals surface area contributed by atoms with Crippen LogP contribution in [0.15, 0.2) is 0 Å². The molecule has 2 amide bonds. The Hall–Kier alpha value is -1.46. The summed E-state index contributed by atoms with van der Waals surface area (Å²) in [6.45, 7) is 15.8. The zero-order valence-electron chi connectivity index (χ0n) is 18.2. The van der Waals surface area contributed by atoms with E-state index >= 15 is 0 Å². The Morgan fingerprint density at radius 3 is 1.92 bits per heavy atom. The van der Waals surface area contributed by atoms with Gasteiger partial charge in [0, 0.05) is 12.1 Å². The van der Waals surface area contributed by atoms with Crippen molar-refractivity contribution in [2.45, 2.75) is 79.7 Å². The lowest BCUT2D eigenvalue weighted by Gasteiger charge is -2.45. The van der Waals surface area contributed by atoms with Gasteiger partial charge in [-0.1, -0.05) is 48.0 Å². The van der Waals surface area contributed by atoms with Gasteiger partial charge >= 0.3 is 12.2 Å². The van der Waals surface area contributed by atoms with E-state index < -0.39 is 6.09 Å². The van der Waals surface area contributed by atoms with Crippen molar-refractivity contribution in [2.75, 3.05) is 20.8 Å². The fraction of sp³-hybridized carbons (Fsp3) is 0.900. The summed E-state index contributed by atoms with van der Waals surface area (Å²) in [5, 5.41) is 5.82. The minimum Gasteiger partial charge on any atom is -0.453 e. The van der Waals surface area contributed by atoms with Crippen molar-refractivity contribution in [3.8, 4) is 0 Å². The molecule has 6 nitrogen and oxygen atoms in total. The number of amides is 2. The molecule has 0 aliphatic heterocycles. The number of methoxy groups -OCH3 is 2. The number of nitrogens with one attached hydrogen (secondary N) is 2. The summed E-state index contributed by atoms with van der Waals surface area (Å²) in [6, 6.07) is 0. The highest BCUT2D eigenvalue weighted by atomic mass is 16.5. The van der Waals surface area contributed by atoms with Gasteiger partial charge in [0.1, 0.15) is 0 Å². The van der Waals surface area contributed by atoms with Gasteiger partial charge in [0.2, 0.25) is 0 Å². The van der Waals surface area contributed by atoms with Crippen LogP contribution in [0, 0.1) is 16.7 Å². The van der Waals surface area contributed by atoms with E-state index in [1.165, 1.54) is 14.2 Å². The molecule has 154 valence electrons. The number of ether oxygens (including phenoxy) is 2. The molecule has 0 aromatic heterocycles. The van der Waals surface area contributed by atoms with Gasteiger partial charge in [-0.05, 0) is 42.9 Å². The zero-order chi connectivity index (χ0) is 20.6. The van der Waals surface area contributed by atoms with Crippen LogP contribution in [0.25, 0.3) is 0 Å².